The maximum absolute atomic E-state index is 5.58. The summed E-state index contributed by atoms with van der Waals surface area (Å²) in [5, 5.41) is 0. The Hall–Kier alpha value is -0.440. The van der Waals surface area contributed by atoms with E-state index in [9.17, 15) is 0 Å². The zero-order valence-electron chi connectivity index (χ0n) is 8.16. The fourth-order valence-electron chi connectivity index (χ4n) is 0.991. The maximum Gasteiger partial charge on any atom is 0.0199 e. The monoisotopic (exact) mass is 227 g/mol. The second-order valence-electron chi connectivity index (χ2n) is 3.10. The molecule has 0 atom stereocenters. The van der Waals surface area contributed by atoms with Crippen LogP contribution in [0.4, 0.5) is 0 Å². The minimum absolute atomic E-state index is 0.596. The average Bonchev–Trinajstić information content (AvgIpc) is 2.26. The smallest absolute Gasteiger partial charge is 0.0199 e. The van der Waals surface area contributed by atoms with Gasteiger partial charge in [-0.2, -0.15) is 0 Å². The summed E-state index contributed by atoms with van der Waals surface area (Å²) in [5.74, 6) is 0.928. The van der Waals surface area contributed by atoms with Crippen molar-refractivity contribution in [2.24, 2.45) is 5.73 Å². The molecule has 0 unspecified atom stereocenters. The first-order valence-corrected chi connectivity index (χ1v) is 5.86. The molecule has 0 saturated heterocycles. The number of thioether (sulfide) groups is 1. The summed E-state index contributed by atoms with van der Waals surface area (Å²) in [7, 11) is 0. The maximum atomic E-state index is 5.58. The summed E-state index contributed by atoms with van der Waals surface area (Å²) in [6.07, 6.45) is 0. The molecular formula is C11H14ClNS. The van der Waals surface area contributed by atoms with Gasteiger partial charge in [-0.25, -0.2) is 0 Å². The van der Waals surface area contributed by atoms with Gasteiger partial charge < -0.3 is 5.73 Å². The molecule has 0 aliphatic carbocycles. The molecule has 0 heterocycles. The number of halogens is 1. The molecular weight excluding hydrogens is 214 g/mol. The number of nitrogens with two attached hydrogens (primary N) is 1. The summed E-state index contributed by atoms with van der Waals surface area (Å²) in [5.41, 5.74) is 9.53. The largest absolute Gasteiger partial charge is 0.326 e. The first-order chi connectivity index (χ1) is 6.76. The van der Waals surface area contributed by atoms with Crippen LogP contribution >= 0.6 is 23.4 Å². The summed E-state index contributed by atoms with van der Waals surface area (Å²) < 4.78 is 0. The highest BCUT2D eigenvalue weighted by atomic mass is 35.5. The van der Waals surface area contributed by atoms with Crippen LogP contribution in [0.15, 0.2) is 40.3 Å². The van der Waals surface area contributed by atoms with Gasteiger partial charge in [0.15, 0.2) is 0 Å². The Bertz CT molecular complexity index is 323. The van der Waals surface area contributed by atoms with Crippen LogP contribution in [-0.4, -0.2) is 5.75 Å². The van der Waals surface area contributed by atoms with Crippen molar-refractivity contribution in [2.75, 3.05) is 5.75 Å². The summed E-state index contributed by atoms with van der Waals surface area (Å²) in [6.45, 7) is 2.62. The van der Waals surface area contributed by atoms with E-state index < -0.39 is 0 Å². The van der Waals surface area contributed by atoms with Gasteiger partial charge in [0.25, 0.3) is 0 Å². The van der Waals surface area contributed by atoms with Crippen molar-refractivity contribution in [3.05, 3.63) is 40.9 Å². The van der Waals surface area contributed by atoms with Crippen LogP contribution < -0.4 is 5.73 Å². The van der Waals surface area contributed by atoms with Gasteiger partial charge in [-0.1, -0.05) is 29.3 Å². The van der Waals surface area contributed by atoms with E-state index >= 15 is 0 Å². The zero-order chi connectivity index (χ0) is 10.4. The number of rotatable bonds is 4. The summed E-state index contributed by atoms with van der Waals surface area (Å²) >= 11 is 7.36. The van der Waals surface area contributed by atoms with E-state index in [1.807, 2.05) is 19.1 Å². The van der Waals surface area contributed by atoms with Gasteiger partial charge in [0.05, 0.1) is 0 Å². The van der Waals surface area contributed by atoms with E-state index in [0.717, 1.165) is 5.75 Å². The lowest BCUT2D eigenvalue weighted by atomic mass is 10.2. The quantitative estimate of drug-likeness (QED) is 0.799. The van der Waals surface area contributed by atoms with Gasteiger partial charge in [0.1, 0.15) is 0 Å². The minimum atomic E-state index is 0.596. The lowest BCUT2D eigenvalue weighted by molar-refractivity contribution is 1.06. The molecule has 0 radical (unpaired) electrons. The average molecular weight is 228 g/mol. The molecule has 1 aromatic carbocycles. The van der Waals surface area contributed by atoms with Gasteiger partial charge in [0, 0.05) is 22.7 Å². The lowest BCUT2D eigenvalue weighted by Crippen LogP contribution is -1.95. The van der Waals surface area contributed by atoms with Crippen LogP contribution in [0.1, 0.15) is 12.5 Å². The first-order valence-electron chi connectivity index (χ1n) is 4.44. The van der Waals surface area contributed by atoms with Crippen molar-refractivity contribution in [1.82, 2.24) is 0 Å². The molecule has 1 nitrogen and oxygen atoms in total. The Labute approximate surface area is 94.3 Å². The molecule has 0 aliphatic rings. The van der Waals surface area contributed by atoms with Gasteiger partial charge in [-0.15, -0.1) is 11.8 Å². The SMILES string of the molecule is C/C(=C/Cl)CSc1cccc(CN)c1. The Kier molecular flexibility index (Phi) is 5.09. The van der Waals surface area contributed by atoms with E-state index in [2.05, 4.69) is 12.1 Å². The molecule has 0 bridgehead atoms. The Morgan fingerprint density at radius 1 is 1.57 bits per heavy atom. The van der Waals surface area contributed by atoms with Gasteiger partial charge in [0.2, 0.25) is 0 Å². The molecule has 0 amide bonds. The highest BCUT2D eigenvalue weighted by Crippen LogP contribution is 2.21. The van der Waals surface area contributed by atoms with Crippen molar-refractivity contribution in [3.63, 3.8) is 0 Å². The van der Waals surface area contributed by atoms with Gasteiger partial charge in [-0.05, 0) is 24.6 Å². The fraction of sp³-hybridized carbons (Fsp3) is 0.273. The molecule has 0 aromatic heterocycles. The fourth-order valence-corrected chi connectivity index (χ4v) is 2.05. The molecule has 1 rings (SSSR count). The minimum Gasteiger partial charge on any atom is -0.326 e. The van der Waals surface area contributed by atoms with Crippen LogP contribution in [-0.2, 0) is 6.54 Å². The van der Waals surface area contributed by atoms with Crippen molar-refractivity contribution < 1.29 is 0 Å². The van der Waals surface area contributed by atoms with E-state index in [1.165, 1.54) is 16.0 Å². The van der Waals surface area contributed by atoms with Crippen LogP contribution in [0.3, 0.4) is 0 Å². The zero-order valence-corrected chi connectivity index (χ0v) is 9.74. The molecule has 76 valence electrons. The third kappa shape index (κ3) is 3.74. The van der Waals surface area contributed by atoms with Crippen LogP contribution in [0, 0.1) is 0 Å². The highest BCUT2D eigenvalue weighted by molar-refractivity contribution is 7.99. The van der Waals surface area contributed by atoms with Crippen molar-refractivity contribution in [3.8, 4) is 0 Å². The van der Waals surface area contributed by atoms with E-state index in [-0.39, 0.29) is 0 Å². The molecule has 0 aliphatic heterocycles. The predicted molar refractivity (Wildman–Crippen MR) is 64.7 cm³/mol. The summed E-state index contributed by atoms with van der Waals surface area (Å²) in [4.78, 5) is 1.24. The standard InChI is InChI=1S/C11H14ClNS/c1-9(6-12)8-14-11-4-2-3-10(5-11)7-13/h2-6H,7-8,13H2,1H3/b9-6-. The van der Waals surface area contributed by atoms with Crippen LogP contribution in [0.2, 0.25) is 0 Å². The Morgan fingerprint density at radius 2 is 2.36 bits per heavy atom. The molecule has 3 heteroatoms. The van der Waals surface area contributed by atoms with Gasteiger partial charge in [-0.3, -0.25) is 0 Å². The van der Waals surface area contributed by atoms with Crippen LogP contribution in [0.5, 0.6) is 0 Å². The molecule has 14 heavy (non-hydrogen) atoms. The Balaban J connectivity index is 2.58. The third-order valence-electron chi connectivity index (χ3n) is 1.79. The number of benzene rings is 1. The van der Waals surface area contributed by atoms with E-state index in [1.54, 1.807) is 17.3 Å². The molecule has 1 aromatic rings. The summed E-state index contributed by atoms with van der Waals surface area (Å²) in [6, 6.07) is 8.27. The Morgan fingerprint density at radius 3 is 3.00 bits per heavy atom. The topological polar surface area (TPSA) is 26.0 Å². The second-order valence-corrected chi connectivity index (χ2v) is 4.36. The van der Waals surface area contributed by atoms with Crippen molar-refractivity contribution >= 4 is 23.4 Å². The van der Waals surface area contributed by atoms with Crippen molar-refractivity contribution in [2.45, 2.75) is 18.4 Å². The van der Waals surface area contributed by atoms with Crippen molar-refractivity contribution in [1.29, 1.82) is 0 Å². The van der Waals surface area contributed by atoms with Gasteiger partial charge >= 0.3 is 0 Å². The van der Waals surface area contributed by atoms with Crippen LogP contribution in [0.25, 0.3) is 0 Å². The normalized spacial score (nSPS) is 11.8. The third-order valence-corrected chi connectivity index (χ3v) is 3.35. The van der Waals surface area contributed by atoms with E-state index in [0.29, 0.717) is 6.54 Å². The second kappa shape index (κ2) is 6.12. The lowest BCUT2D eigenvalue weighted by Gasteiger charge is -2.03. The molecule has 0 saturated carbocycles. The number of hydrogen-bond donors (Lipinski definition) is 1. The molecule has 0 fully saturated rings. The predicted octanol–water partition coefficient (Wildman–Crippen LogP) is 3.38. The molecule has 2 N–H and O–H groups in total. The first kappa shape index (κ1) is 11.6. The van der Waals surface area contributed by atoms with E-state index in [4.69, 9.17) is 17.3 Å². The highest BCUT2D eigenvalue weighted by Gasteiger charge is 1.96. The number of hydrogen-bond acceptors (Lipinski definition) is 2. The molecule has 0 spiro atoms.